The lowest BCUT2D eigenvalue weighted by Crippen LogP contribution is -2.06. The maximum absolute atomic E-state index is 12.5. The molecule has 0 saturated carbocycles. The van der Waals surface area contributed by atoms with E-state index in [1.54, 1.807) is 17.6 Å². The van der Waals surface area contributed by atoms with Crippen LogP contribution in [0.5, 0.6) is 0 Å². The Morgan fingerprint density at radius 3 is 2.66 bits per heavy atom. The number of rotatable bonds is 8. The highest BCUT2D eigenvalue weighted by Crippen LogP contribution is 2.28. The Hall–Kier alpha value is -3.24. The number of nitro benzene ring substituents is 1. The molecule has 0 bridgehead atoms. The number of Topliss-reactive ketones (excluding diaryl/α,β-unsaturated/α-hetero) is 1. The number of nitro groups is 1. The van der Waals surface area contributed by atoms with Gasteiger partial charge in [-0.2, -0.15) is 0 Å². The summed E-state index contributed by atoms with van der Waals surface area (Å²) < 4.78 is 7.37. The number of aromatic nitrogens is 3. The molecule has 0 unspecified atom stereocenters. The topological polar surface area (TPSA) is 104 Å². The number of carbonyl (C=O) groups excluding carboxylic acids is 1. The maximum Gasteiger partial charge on any atom is 0.269 e. The van der Waals surface area contributed by atoms with Gasteiger partial charge < -0.3 is 4.42 Å². The van der Waals surface area contributed by atoms with E-state index in [1.807, 2.05) is 34.2 Å². The van der Waals surface area contributed by atoms with Crippen LogP contribution in [0.15, 0.2) is 69.7 Å². The predicted molar refractivity (Wildman–Crippen MR) is 109 cm³/mol. The minimum absolute atomic E-state index is 0.0482. The Morgan fingerprint density at radius 1 is 1.17 bits per heavy atom. The summed E-state index contributed by atoms with van der Waals surface area (Å²) in [6, 6.07) is 13.2. The van der Waals surface area contributed by atoms with Crippen molar-refractivity contribution in [1.82, 2.24) is 14.8 Å². The molecule has 3 heterocycles. The van der Waals surface area contributed by atoms with Crippen LogP contribution in [0.1, 0.15) is 16.1 Å². The van der Waals surface area contributed by atoms with E-state index in [9.17, 15) is 14.9 Å². The normalized spacial score (nSPS) is 10.9. The number of furan rings is 1. The number of thiophene rings is 1. The van der Waals surface area contributed by atoms with Crippen LogP contribution in [0.3, 0.4) is 0 Å². The average molecular weight is 426 g/mol. The number of non-ortho nitro benzene ring substituents is 1. The Kier molecular flexibility index (Phi) is 5.54. The molecule has 0 aliphatic rings. The monoisotopic (exact) mass is 426 g/mol. The summed E-state index contributed by atoms with van der Waals surface area (Å²) in [6.45, 7) is 0.446. The number of benzene rings is 1. The van der Waals surface area contributed by atoms with E-state index in [0.29, 0.717) is 23.1 Å². The highest BCUT2D eigenvalue weighted by atomic mass is 32.2. The first-order valence-corrected chi connectivity index (χ1v) is 10.4. The van der Waals surface area contributed by atoms with Gasteiger partial charge in [-0.3, -0.25) is 19.5 Å². The zero-order valence-corrected chi connectivity index (χ0v) is 16.6. The molecule has 3 aromatic heterocycles. The van der Waals surface area contributed by atoms with Gasteiger partial charge in [0.25, 0.3) is 5.69 Å². The van der Waals surface area contributed by atoms with E-state index in [0.717, 1.165) is 10.6 Å². The van der Waals surface area contributed by atoms with E-state index < -0.39 is 4.92 Å². The van der Waals surface area contributed by atoms with Gasteiger partial charge in [-0.05, 0) is 35.7 Å². The second-order valence-corrected chi connectivity index (χ2v) is 7.86. The number of thioether (sulfide) groups is 1. The van der Waals surface area contributed by atoms with Gasteiger partial charge in [0, 0.05) is 17.7 Å². The van der Waals surface area contributed by atoms with Gasteiger partial charge in [0.2, 0.25) is 0 Å². The van der Waals surface area contributed by atoms with Gasteiger partial charge in [-0.15, -0.1) is 21.5 Å². The molecular weight excluding hydrogens is 412 g/mol. The van der Waals surface area contributed by atoms with E-state index in [2.05, 4.69) is 10.2 Å². The van der Waals surface area contributed by atoms with E-state index in [1.165, 1.54) is 36.0 Å². The van der Waals surface area contributed by atoms with Crippen LogP contribution < -0.4 is 0 Å². The summed E-state index contributed by atoms with van der Waals surface area (Å²) in [4.78, 5) is 23.7. The van der Waals surface area contributed by atoms with Crippen molar-refractivity contribution in [1.29, 1.82) is 0 Å². The summed E-state index contributed by atoms with van der Waals surface area (Å²) >= 11 is 2.83. The molecule has 29 heavy (non-hydrogen) atoms. The Morgan fingerprint density at radius 2 is 2.00 bits per heavy atom. The van der Waals surface area contributed by atoms with Crippen molar-refractivity contribution in [2.45, 2.75) is 11.7 Å². The molecule has 0 aliphatic carbocycles. The summed E-state index contributed by atoms with van der Waals surface area (Å²) in [5.41, 5.74) is 0.367. The van der Waals surface area contributed by atoms with Gasteiger partial charge in [0.05, 0.1) is 28.4 Å². The van der Waals surface area contributed by atoms with Crippen molar-refractivity contribution >= 4 is 34.6 Å². The fraction of sp³-hybridized carbons (Fsp3) is 0.105. The first kappa shape index (κ1) is 19.1. The molecule has 10 heteroatoms. The third-order valence-corrected chi connectivity index (χ3v) is 5.92. The van der Waals surface area contributed by atoms with Crippen LogP contribution in [0, 0.1) is 10.1 Å². The smallest absolute Gasteiger partial charge is 0.269 e. The molecule has 1 aromatic carbocycles. The number of hydrogen-bond acceptors (Lipinski definition) is 8. The standard InChI is InChI=1S/C19H14N4O4S2/c24-16(13-5-7-14(8-6-13)23(25)26)12-29-19-21-20-18(17-4-2-10-28-17)22(19)11-15-3-1-9-27-15/h1-10H,11-12H2. The zero-order chi connectivity index (χ0) is 20.2. The number of ketones is 1. The fourth-order valence-corrected chi connectivity index (χ4v) is 4.22. The van der Waals surface area contributed by atoms with Crippen LogP contribution in [0.25, 0.3) is 10.7 Å². The number of hydrogen-bond donors (Lipinski definition) is 0. The van der Waals surface area contributed by atoms with Crippen LogP contribution in [0.2, 0.25) is 0 Å². The van der Waals surface area contributed by atoms with Crippen molar-refractivity contribution in [3.63, 3.8) is 0 Å². The minimum Gasteiger partial charge on any atom is -0.467 e. The Balaban J connectivity index is 1.53. The molecule has 4 rings (SSSR count). The van der Waals surface area contributed by atoms with Gasteiger partial charge in [0.1, 0.15) is 5.76 Å². The van der Waals surface area contributed by atoms with E-state index >= 15 is 0 Å². The lowest BCUT2D eigenvalue weighted by Gasteiger charge is -2.07. The molecule has 0 amide bonds. The second-order valence-electron chi connectivity index (χ2n) is 5.96. The quantitative estimate of drug-likeness (QED) is 0.176. The van der Waals surface area contributed by atoms with Crippen molar-refractivity contribution in [3.8, 4) is 10.7 Å². The first-order chi connectivity index (χ1) is 14.1. The van der Waals surface area contributed by atoms with Gasteiger partial charge >= 0.3 is 0 Å². The second kappa shape index (κ2) is 8.41. The molecule has 146 valence electrons. The van der Waals surface area contributed by atoms with Gasteiger partial charge in [-0.1, -0.05) is 17.8 Å². The molecule has 4 aromatic rings. The van der Waals surface area contributed by atoms with E-state index in [4.69, 9.17) is 4.42 Å². The molecule has 0 aliphatic heterocycles. The molecule has 0 spiro atoms. The van der Waals surface area contributed by atoms with Crippen LogP contribution in [0.4, 0.5) is 5.69 Å². The SMILES string of the molecule is O=C(CSc1nnc(-c2cccs2)n1Cc1ccco1)c1ccc([N+](=O)[O-])cc1. The lowest BCUT2D eigenvalue weighted by molar-refractivity contribution is -0.384. The van der Waals surface area contributed by atoms with Crippen molar-refractivity contribution in [3.05, 3.63) is 81.6 Å². The van der Waals surface area contributed by atoms with Crippen molar-refractivity contribution in [2.75, 3.05) is 5.75 Å². The van der Waals surface area contributed by atoms with Crippen molar-refractivity contribution in [2.24, 2.45) is 0 Å². The summed E-state index contributed by atoms with van der Waals surface area (Å²) in [6.07, 6.45) is 1.61. The third kappa shape index (κ3) is 4.28. The molecule has 0 saturated heterocycles. The lowest BCUT2D eigenvalue weighted by atomic mass is 10.1. The molecule has 0 radical (unpaired) electrons. The van der Waals surface area contributed by atoms with Gasteiger partial charge in [-0.25, -0.2) is 0 Å². The minimum atomic E-state index is -0.494. The van der Waals surface area contributed by atoms with Crippen LogP contribution in [-0.2, 0) is 6.54 Å². The molecule has 0 atom stereocenters. The highest BCUT2D eigenvalue weighted by Gasteiger charge is 2.18. The summed E-state index contributed by atoms with van der Waals surface area (Å²) in [5, 5.41) is 21.9. The Labute approximate surface area is 173 Å². The van der Waals surface area contributed by atoms with E-state index in [-0.39, 0.29) is 17.2 Å². The largest absolute Gasteiger partial charge is 0.467 e. The maximum atomic E-state index is 12.5. The molecular formula is C19H14N4O4S2. The van der Waals surface area contributed by atoms with Crippen molar-refractivity contribution < 1.29 is 14.1 Å². The molecule has 8 nitrogen and oxygen atoms in total. The zero-order valence-electron chi connectivity index (χ0n) is 14.9. The van der Waals surface area contributed by atoms with Gasteiger partial charge in [0.15, 0.2) is 16.8 Å². The fourth-order valence-electron chi connectivity index (χ4n) is 2.67. The predicted octanol–water partition coefficient (Wildman–Crippen LogP) is 4.53. The summed E-state index contributed by atoms with van der Waals surface area (Å²) in [5.74, 6) is 1.46. The summed E-state index contributed by atoms with van der Waals surface area (Å²) in [7, 11) is 0. The van der Waals surface area contributed by atoms with Crippen LogP contribution in [-0.4, -0.2) is 31.2 Å². The van der Waals surface area contributed by atoms with Crippen LogP contribution >= 0.6 is 23.1 Å². The number of nitrogens with zero attached hydrogens (tertiary/aromatic N) is 4. The number of carbonyl (C=O) groups is 1. The third-order valence-electron chi connectivity index (χ3n) is 4.08. The molecule has 0 fully saturated rings. The molecule has 0 N–H and O–H groups in total. The average Bonchev–Trinajstić information content (AvgIpc) is 3.49. The highest BCUT2D eigenvalue weighted by molar-refractivity contribution is 7.99. The first-order valence-electron chi connectivity index (χ1n) is 8.52. The Bertz CT molecular complexity index is 1120.